The van der Waals surface area contributed by atoms with Crippen molar-refractivity contribution in [3.8, 4) is 0 Å². The van der Waals surface area contributed by atoms with Crippen LogP contribution in [-0.4, -0.2) is 22.2 Å². The van der Waals surface area contributed by atoms with Crippen molar-refractivity contribution in [2.24, 2.45) is 0 Å². The molecule has 0 aromatic heterocycles. The number of nitro groups is 1. The Hall–Kier alpha value is -2.86. The van der Waals surface area contributed by atoms with Crippen LogP contribution in [0.3, 0.4) is 0 Å². The van der Waals surface area contributed by atoms with Crippen LogP contribution < -0.4 is 0 Å². The van der Waals surface area contributed by atoms with Gasteiger partial charge in [-0.05, 0) is 24.8 Å². The van der Waals surface area contributed by atoms with Gasteiger partial charge < -0.3 is 4.90 Å². The van der Waals surface area contributed by atoms with Crippen molar-refractivity contribution >= 4 is 28.9 Å². The number of nitrogens with zero attached hydrogens (tertiary/aromatic N) is 2. The number of ketones is 1. The average molecular weight is 378 g/mol. The molecule has 0 spiro atoms. The highest BCUT2D eigenvalue weighted by Crippen LogP contribution is 2.44. The summed E-state index contributed by atoms with van der Waals surface area (Å²) in [5, 5.41) is 14.1. The quantitative estimate of drug-likeness (QED) is 0.415. The summed E-state index contributed by atoms with van der Waals surface area (Å²) in [6.07, 6.45) is 2.62. The molecule has 6 heteroatoms. The van der Waals surface area contributed by atoms with Gasteiger partial charge in [-0.2, -0.15) is 0 Å². The van der Waals surface area contributed by atoms with Crippen LogP contribution in [0.5, 0.6) is 0 Å². The average Bonchev–Trinajstić information content (AvgIpc) is 3.00. The van der Waals surface area contributed by atoms with Crippen molar-refractivity contribution in [3.63, 3.8) is 0 Å². The summed E-state index contributed by atoms with van der Waals surface area (Å²) >= 11 is 1.57. The lowest BCUT2D eigenvalue weighted by atomic mass is 9.99. The number of Topliss-reactive ketones (excluding diaryl/α,β-unsaturated/α-hetero) is 1. The fraction of sp³-hybridized carbons (Fsp3) is 0.190. The Morgan fingerprint density at radius 2 is 1.89 bits per heavy atom. The molecule has 0 saturated carbocycles. The molecule has 27 heavy (non-hydrogen) atoms. The number of benzene rings is 2. The predicted octanol–water partition coefficient (Wildman–Crippen LogP) is 5.22. The van der Waals surface area contributed by atoms with Crippen LogP contribution in [0.4, 0.5) is 5.69 Å². The second-order valence-corrected chi connectivity index (χ2v) is 7.37. The second-order valence-electron chi connectivity index (χ2n) is 6.52. The third kappa shape index (κ3) is 3.40. The third-order valence-electron chi connectivity index (χ3n) is 4.80. The molecular weight excluding hydrogens is 360 g/mol. The van der Waals surface area contributed by atoms with E-state index in [9.17, 15) is 14.9 Å². The van der Waals surface area contributed by atoms with Crippen molar-refractivity contribution in [1.82, 2.24) is 4.90 Å². The Morgan fingerprint density at radius 1 is 1.07 bits per heavy atom. The summed E-state index contributed by atoms with van der Waals surface area (Å²) in [5.41, 5.74) is 3.31. The largest absolute Gasteiger partial charge is 0.335 e. The molecule has 0 N–H and O–H groups in total. The van der Waals surface area contributed by atoms with E-state index >= 15 is 0 Å². The van der Waals surface area contributed by atoms with Gasteiger partial charge in [0.2, 0.25) is 0 Å². The molecule has 2 heterocycles. The van der Waals surface area contributed by atoms with E-state index in [-0.39, 0.29) is 11.5 Å². The number of carbonyl (C=O) groups is 1. The van der Waals surface area contributed by atoms with E-state index in [1.165, 1.54) is 12.1 Å². The minimum atomic E-state index is -0.465. The lowest BCUT2D eigenvalue weighted by Crippen LogP contribution is -2.19. The molecule has 2 aromatic carbocycles. The number of hydrogen-bond acceptors (Lipinski definition) is 5. The summed E-state index contributed by atoms with van der Waals surface area (Å²) in [4.78, 5) is 26.0. The maximum atomic E-state index is 13.2. The molecule has 0 radical (unpaired) electrons. The smallest absolute Gasteiger partial charge is 0.270 e. The van der Waals surface area contributed by atoms with Crippen molar-refractivity contribution in [1.29, 1.82) is 0 Å². The fourth-order valence-corrected chi connectivity index (χ4v) is 4.60. The molecule has 4 rings (SSSR count). The van der Waals surface area contributed by atoms with Crippen LogP contribution in [0, 0.1) is 10.1 Å². The van der Waals surface area contributed by atoms with Gasteiger partial charge in [0.15, 0.2) is 5.78 Å². The number of fused-ring (bicyclic) bond motifs is 1. The molecule has 0 fully saturated rings. The lowest BCUT2D eigenvalue weighted by Gasteiger charge is -2.23. The highest BCUT2D eigenvalue weighted by Gasteiger charge is 2.30. The lowest BCUT2D eigenvalue weighted by molar-refractivity contribution is -0.384. The molecule has 0 unspecified atom stereocenters. The Bertz CT molecular complexity index is 966. The maximum absolute atomic E-state index is 13.2. The van der Waals surface area contributed by atoms with Crippen molar-refractivity contribution in [3.05, 3.63) is 91.8 Å². The van der Waals surface area contributed by atoms with Crippen LogP contribution in [0.25, 0.3) is 5.70 Å². The molecule has 2 aromatic rings. The monoisotopic (exact) mass is 378 g/mol. The molecular formula is C21H18N2O3S. The summed E-state index contributed by atoms with van der Waals surface area (Å²) in [7, 11) is 0. The number of carbonyl (C=O) groups excluding carboxylic acids is 1. The SMILES string of the molecule is O=C(C1=C2SC=C(c3ccccc3)N2CCCC1)c1cccc([N+](=O)[O-])c1. The highest BCUT2D eigenvalue weighted by atomic mass is 32.2. The van der Waals surface area contributed by atoms with E-state index in [1.54, 1.807) is 23.9 Å². The van der Waals surface area contributed by atoms with Crippen LogP contribution in [0.1, 0.15) is 35.2 Å². The van der Waals surface area contributed by atoms with Crippen LogP contribution in [-0.2, 0) is 0 Å². The summed E-state index contributed by atoms with van der Waals surface area (Å²) in [6.45, 7) is 0.870. The number of non-ortho nitro benzene ring substituents is 1. The minimum absolute atomic E-state index is 0.0564. The molecule has 2 aliphatic heterocycles. The van der Waals surface area contributed by atoms with Crippen LogP contribution in [0.15, 0.2) is 70.6 Å². The third-order valence-corrected chi connectivity index (χ3v) is 5.83. The standard InChI is InChI=1S/C21H18N2O3S/c24-20(16-9-6-10-17(13-16)23(25)26)18-11-4-5-12-22-19(14-27-21(18)22)15-7-2-1-3-8-15/h1-3,6-10,13-14H,4-5,11-12H2. The van der Waals surface area contributed by atoms with Gasteiger partial charge in [-0.15, -0.1) is 0 Å². The molecule has 2 aliphatic rings. The molecule has 0 saturated heterocycles. The first-order chi connectivity index (χ1) is 13.1. The van der Waals surface area contributed by atoms with Crippen LogP contribution >= 0.6 is 11.8 Å². The summed E-state index contributed by atoms with van der Waals surface area (Å²) in [5.74, 6) is -0.115. The normalized spacial score (nSPS) is 16.6. The first-order valence-electron chi connectivity index (χ1n) is 8.87. The van der Waals surface area contributed by atoms with E-state index in [0.717, 1.165) is 41.2 Å². The highest BCUT2D eigenvalue weighted by molar-refractivity contribution is 8.06. The molecule has 0 amide bonds. The zero-order valence-electron chi connectivity index (χ0n) is 14.6. The molecule has 0 aliphatic carbocycles. The Kier molecular flexibility index (Phi) is 4.81. The van der Waals surface area contributed by atoms with Crippen molar-refractivity contribution < 1.29 is 9.72 Å². The number of allylic oxidation sites excluding steroid dienone is 1. The summed E-state index contributed by atoms with van der Waals surface area (Å²) in [6, 6.07) is 16.2. The van der Waals surface area contributed by atoms with Gasteiger partial charge in [0, 0.05) is 35.2 Å². The molecule has 0 bridgehead atoms. The zero-order chi connectivity index (χ0) is 18.8. The first-order valence-corrected chi connectivity index (χ1v) is 9.75. The van der Waals surface area contributed by atoms with E-state index in [2.05, 4.69) is 22.4 Å². The van der Waals surface area contributed by atoms with Gasteiger partial charge in [-0.25, -0.2) is 0 Å². The topological polar surface area (TPSA) is 63.5 Å². The van der Waals surface area contributed by atoms with Crippen LogP contribution in [0.2, 0.25) is 0 Å². The van der Waals surface area contributed by atoms with E-state index in [1.807, 2.05) is 18.2 Å². The zero-order valence-corrected chi connectivity index (χ0v) is 15.4. The Balaban J connectivity index is 1.71. The number of hydrogen-bond donors (Lipinski definition) is 0. The molecule has 5 nitrogen and oxygen atoms in total. The van der Waals surface area contributed by atoms with E-state index in [4.69, 9.17) is 0 Å². The predicted molar refractivity (Wildman–Crippen MR) is 107 cm³/mol. The molecule has 0 atom stereocenters. The van der Waals surface area contributed by atoms with Gasteiger partial charge in [0.1, 0.15) is 0 Å². The Morgan fingerprint density at radius 3 is 2.67 bits per heavy atom. The number of rotatable bonds is 4. The van der Waals surface area contributed by atoms with Gasteiger partial charge in [0.05, 0.1) is 15.6 Å². The van der Waals surface area contributed by atoms with Gasteiger partial charge in [-0.1, -0.05) is 54.2 Å². The fourth-order valence-electron chi connectivity index (χ4n) is 3.46. The minimum Gasteiger partial charge on any atom is -0.335 e. The summed E-state index contributed by atoms with van der Waals surface area (Å²) < 4.78 is 0. The van der Waals surface area contributed by atoms with Crippen molar-refractivity contribution in [2.75, 3.05) is 6.54 Å². The Labute approximate surface area is 161 Å². The van der Waals surface area contributed by atoms with Gasteiger partial charge in [-0.3, -0.25) is 14.9 Å². The molecule has 136 valence electrons. The van der Waals surface area contributed by atoms with E-state index < -0.39 is 4.92 Å². The van der Waals surface area contributed by atoms with Gasteiger partial charge >= 0.3 is 0 Å². The first kappa shape index (κ1) is 17.5. The maximum Gasteiger partial charge on any atom is 0.270 e. The van der Waals surface area contributed by atoms with E-state index in [0.29, 0.717) is 12.0 Å². The number of thioether (sulfide) groups is 1. The number of nitro benzene ring substituents is 1. The van der Waals surface area contributed by atoms with Crippen molar-refractivity contribution in [2.45, 2.75) is 19.3 Å². The second kappa shape index (κ2) is 7.40. The van der Waals surface area contributed by atoms with Gasteiger partial charge in [0.25, 0.3) is 5.69 Å².